The van der Waals surface area contributed by atoms with Gasteiger partial charge in [0.05, 0.1) is 0 Å². The molecule has 0 aliphatic carbocycles. The Bertz CT molecular complexity index is 603. The van der Waals surface area contributed by atoms with Gasteiger partial charge in [-0.3, -0.25) is 0 Å². The molecule has 0 saturated carbocycles. The molecule has 19 heavy (non-hydrogen) atoms. The van der Waals surface area contributed by atoms with Crippen LogP contribution in [0.4, 0.5) is 33.5 Å². The molecule has 1 N–H and O–H groups in total. The van der Waals surface area contributed by atoms with E-state index in [0.717, 1.165) is 6.07 Å². The molecule has 100 valence electrons. The van der Waals surface area contributed by atoms with E-state index >= 15 is 0 Å². The summed E-state index contributed by atoms with van der Waals surface area (Å²) >= 11 is 5.43. The number of aromatic nitrogens is 2. The van der Waals surface area contributed by atoms with Crippen LogP contribution in [0.25, 0.3) is 0 Å². The van der Waals surface area contributed by atoms with E-state index in [1.807, 2.05) is 5.32 Å². The first kappa shape index (κ1) is 13.5. The zero-order valence-corrected chi connectivity index (χ0v) is 9.57. The Hall–Kier alpha value is -1.96. The molecular formula is C10H3ClF5N3. The molecule has 9 heteroatoms. The Morgan fingerprint density at radius 2 is 1.32 bits per heavy atom. The zero-order chi connectivity index (χ0) is 14.2. The molecule has 0 saturated heterocycles. The molecule has 0 unspecified atom stereocenters. The maximum atomic E-state index is 13.3. The summed E-state index contributed by atoms with van der Waals surface area (Å²) in [6, 6.07) is 2.39. The van der Waals surface area contributed by atoms with Crippen LogP contribution in [0.15, 0.2) is 12.1 Å². The molecule has 0 aliphatic heterocycles. The van der Waals surface area contributed by atoms with Gasteiger partial charge in [0.15, 0.2) is 34.2 Å². The summed E-state index contributed by atoms with van der Waals surface area (Å²) in [5.41, 5.74) is -1.21. The summed E-state index contributed by atoms with van der Waals surface area (Å²) in [7, 11) is 0. The van der Waals surface area contributed by atoms with Gasteiger partial charge in [0.25, 0.3) is 0 Å². The van der Waals surface area contributed by atoms with Crippen LogP contribution in [-0.4, -0.2) is 10.2 Å². The zero-order valence-electron chi connectivity index (χ0n) is 8.82. The van der Waals surface area contributed by atoms with Crippen molar-refractivity contribution in [3.63, 3.8) is 0 Å². The summed E-state index contributed by atoms with van der Waals surface area (Å²) in [6.07, 6.45) is 0. The third-order valence-electron chi connectivity index (χ3n) is 2.09. The summed E-state index contributed by atoms with van der Waals surface area (Å²) in [4.78, 5) is 0. The lowest BCUT2D eigenvalue weighted by Crippen LogP contribution is -2.07. The summed E-state index contributed by atoms with van der Waals surface area (Å²) < 4.78 is 65.2. The average molecular weight is 296 g/mol. The predicted octanol–water partition coefficient (Wildman–Crippen LogP) is 3.57. The minimum absolute atomic E-state index is 0.00274. The summed E-state index contributed by atoms with van der Waals surface area (Å²) in [5.74, 6) is -10.6. The van der Waals surface area contributed by atoms with E-state index in [2.05, 4.69) is 10.2 Å². The van der Waals surface area contributed by atoms with Crippen LogP contribution in [0.5, 0.6) is 0 Å². The summed E-state index contributed by atoms with van der Waals surface area (Å²) in [5, 5.41) is 8.67. The van der Waals surface area contributed by atoms with Crippen molar-refractivity contribution in [3.05, 3.63) is 46.4 Å². The largest absolute Gasteiger partial charge is 0.334 e. The van der Waals surface area contributed by atoms with Gasteiger partial charge in [0.2, 0.25) is 5.82 Å². The third kappa shape index (κ3) is 2.43. The van der Waals surface area contributed by atoms with Crippen molar-refractivity contribution in [2.75, 3.05) is 5.32 Å². The molecule has 0 amide bonds. The van der Waals surface area contributed by atoms with Crippen molar-refractivity contribution >= 4 is 23.1 Å². The number of hydrogen-bond acceptors (Lipinski definition) is 3. The normalized spacial score (nSPS) is 10.6. The van der Waals surface area contributed by atoms with E-state index < -0.39 is 34.8 Å². The van der Waals surface area contributed by atoms with Gasteiger partial charge in [0, 0.05) is 0 Å². The van der Waals surface area contributed by atoms with E-state index in [1.165, 1.54) is 6.07 Å². The molecule has 0 radical (unpaired) electrons. The van der Waals surface area contributed by atoms with Gasteiger partial charge in [-0.2, -0.15) is 0 Å². The topological polar surface area (TPSA) is 37.8 Å². The number of anilines is 2. The van der Waals surface area contributed by atoms with Gasteiger partial charge >= 0.3 is 0 Å². The molecule has 0 atom stereocenters. The summed E-state index contributed by atoms with van der Waals surface area (Å²) in [6.45, 7) is 0. The molecule has 0 aliphatic rings. The van der Waals surface area contributed by atoms with Gasteiger partial charge in [-0.15, -0.1) is 10.2 Å². The van der Waals surface area contributed by atoms with Gasteiger partial charge < -0.3 is 5.32 Å². The van der Waals surface area contributed by atoms with Crippen LogP contribution in [0.3, 0.4) is 0 Å². The van der Waals surface area contributed by atoms with Crippen LogP contribution in [0.1, 0.15) is 0 Å². The molecular weight excluding hydrogens is 293 g/mol. The quantitative estimate of drug-likeness (QED) is 0.523. The van der Waals surface area contributed by atoms with Gasteiger partial charge in [-0.05, 0) is 12.1 Å². The lowest BCUT2D eigenvalue weighted by Gasteiger charge is -2.09. The number of rotatable bonds is 2. The standard InChI is InChI=1S/C10H3ClF5N3/c11-3-1-2-4(19-18-3)17-10-8(15)6(13)5(12)7(14)9(10)16/h1-2H,(H,17,19). The smallest absolute Gasteiger partial charge is 0.200 e. The molecule has 0 bridgehead atoms. The SMILES string of the molecule is Fc1c(F)c(F)c(Nc2ccc(Cl)nn2)c(F)c1F. The number of benzene rings is 1. The van der Waals surface area contributed by atoms with Crippen LogP contribution in [0, 0.1) is 29.1 Å². The first-order valence-corrected chi connectivity index (χ1v) is 5.07. The van der Waals surface area contributed by atoms with E-state index in [1.54, 1.807) is 0 Å². The van der Waals surface area contributed by atoms with Crippen LogP contribution in [0.2, 0.25) is 5.15 Å². The van der Waals surface area contributed by atoms with E-state index in [9.17, 15) is 22.0 Å². The molecule has 2 rings (SSSR count). The highest BCUT2D eigenvalue weighted by molar-refractivity contribution is 6.29. The van der Waals surface area contributed by atoms with Gasteiger partial charge in [-0.25, -0.2) is 22.0 Å². The maximum Gasteiger partial charge on any atom is 0.200 e. The maximum absolute atomic E-state index is 13.3. The minimum atomic E-state index is -2.23. The Balaban J connectivity index is 2.48. The Labute approximate surface area is 108 Å². The highest BCUT2D eigenvalue weighted by Gasteiger charge is 2.26. The number of halogens is 6. The fourth-order valence-corrected chi connectivity index (χ4v) is 1.33. The fourth-order valence-electron chi connectivity index (χ4n) is 1.23. The molecule has 3 nitrogen and oxygen atoms in total. The average Bonchev–Trinajstić information content (AvgIpc) is 2.41. The highest BCUT2D eigenvalue weighted by atomic mass is 35.5. The Kier molecular flexibility index (Phi) is 3.52. The fraction of sp³-hybridized carbons (Fsp3) is 0. The third-order valence-corrected chi connectivity index (χ3v) is 2.30. The Morgan fingerprint density at radius 1 is 0.789 bits per heavy atom. The second-order valence-electron chi connectivity index (χ2n) is 3.31. The predicted molar refractivity (Wildman–Crippen MR) is 56.6 cm³/mol. The molecule has 1 heterocycles. The van der Waals surface area contributed by atoms with E-state index in [0.29, 0.717) is 0 Å². The van der Waals surface area contributed by atoms with Crippen molar-refractivity contribution in [1.29, 1.82) is 0 Å². The van der Waals surface area contributed by atoms with E-state index in [4.69, 9.17) is 11.6 Å². The molecule has 1 aromatic carbocycles. The number of hydrogen-bond donors (Lipinski definition) is 1. The van der Waals surface area contributed by atoms with Crippen LogP contribution >= 0.6 is 11.6 Å². The van der Waals surface area contributed by atoms with Crippen molar-refractivity contribution in [2.45, 2.75) is 0 Å². The molecule has 1 aromatic heterocycles. The van der Waals surface area contributed by atoms with Crippen molar-refractivity contribution in [3.8, 4) is 0 Å². The first-order chi connectivity index (χ1) is 8.91. The lowest BCUT2D eigenvalue weighted by atomic mass is 10.2. The first-order valence-electron chi connectivity index (χ1n) is 4.69. The Morgan fingerprint density at radius 3 is 1.79 bits per heavy atom. The molecule has 0 fully saturated rings. The number of nitrogens with one attached hydrogen (secondary N) is 1. The highest BCUT2D eigenvalue weighted by Crippen LogP contribution is 2.28. The lowest BCUT2D eigenvalue weighted by molar-refractivity contribution is 0.382. The second kappa shape index (κ2) is 4.96. The van der Waals surface area contributed by atoms with Crippen molar-refractivity contribution in [1.82, 2.24) is 10.2 Å². The minimum Gasteiger partial charge on any atom is -0.334 e. The van der Waals surface area contributed by atoms with Gasteiger partial charge in [-0.1, -0.05) is 11.6 Å². The second-order valence-corrected chi connectivity index (χ2v) is 3.70. The monoisotopic (exact) mass is 295 g/mol. The van der Waals surface area contributed by atoms with Crippen molar-refractivity contribution in [2.24, 2.45) is 0 Å². The van der Waals surface area contributed by atoms with Crippen LogP contribution in [-0.2, 0) is 0 Å². The molecule has 0 spiro atoms. The van der Waals surface area contributed by atoms with Crippen molar-refractivity contribution < 1.29 is 22.0 Å². The van der Waals surface area contributed by atoms with Crippen LogP contribution < -0.4 is 5.32 Å². The molecule has 2 aromatic rings. The van der Waals surface area contributed by atoms with E-state index in [-0.39, 0.29) is 11.0 Å². The van der Waals surface area contributed by atoms with Gasteiger partial charge in [0.1, 0.15) is 5.69 Å². The number of nitrogens with zero attached hydrogens (tertiary/aromatic N) is 2.